The molecule has 6 rings (SSSR count). The number of nitrogens with zero attached hydrogens (tertiary/aromatic N) is 5. The summed E-state index contributed by atoms with van der Waals surface area (Å²) < 4.78 is 18.0. The number of likely N-dealkylation sites (tertiary alicyclic amines) is 1. The molecule has 2 aromatic heterocycles. The molecule has 1 saturated carbocycles. The SMILES string of the molecule is COc1ccccc1OC(=O)N1CCC(CC#Cc2nc(N)c3ncn([C@@H]4O[C@H](C(=O)NC5CC5)[C@@H](O)[C@H]4O)c3n2)CC1. The van der Waals surface area contributed by atoms with Crippen LogP contribution in [0.4, 0.5) is 10.6 Å². The summed E-state index contributed by atoms with van der Waals surface area (Å²) in [5.74, 6) is 7.03. The van der Waals surface area contributed by atoms with Crippen molar-refractivity contribution in [3.8, 4) is 23.3 Å². The summed E-state index contributed by atoms with van der Waals surface area (Å²) >= 11 is 0. The molecule has 5 N–H and O–H groups in total. The quantitative estimate of drug-likeness (QED) is 0.299. The molecule has 2 amide bonds. The number of piperidine rings is 1. The number of nitrogens with one attached hydrogen (secondary N) is 1. The molecule has 0 unspecified atom stereocenters. The lowest BCUT2D eigenvalue weighted by Crippen LogP contribution is -2.43. The number of imidazole rings is 1. The van der Waals surface area contributed by atoms with E-state index < -0.39 is 36.5 Å². The van der Waals surface area contributed by atoms with Gasteiger partial charge in [0.15, 0.2) is 35.3 Å². The molecular weight excluding hydrogens is 558 g/mol. The molecule has 1 aliphatic carbocycles. The maximum atomic E-state index is 12.6. The van der Waals surface area contributed by atoms with Crippen LogP contribution in [0.15, 0.2) is 30.6 Å². The van der Waals surface area contributed by atoms with Gasteiger partial charge in [0, 0.05) is 25.6 Å². The molecule has 2 saturated heterocycles. The minimum Gasteiger partial charge on any atom is -0.493 e. The molecule has 3 aromatic rings. The highest BCUT2D eigenvalue weighted by Gasteiger charge is 2.48. The number of nitrogens with two attached hydrogens (primary N) is 1. The summed E-state index contributed by atoms with van der Waals surface area (Å²) in [6.45, 7) is 1.09. The van der Waals surface area contributed by atoms with Gasteiger partial charge in [0.05, 0.1) is 13.4 Å². The number of nitrogen functional groups attached to an aromatic ring is 1. The number of hydrogen-bond donors (Lipinski definition) is 4. The normalized spacial score (nSPS) is 23.9. The van der Waals surface area contributed by atoms with Crippen LogP contribution >= 0.6 is 0 Å². The fourth-order valence-electron chi connectivity index (χ4n) is 5.25. The number of carbonyl (C=O) groups is 2. The van der Waals surface area contributed by atoms with Gasteiger partial charge in [-0.3, -0.25) is 9.36 Å². The summed E-state index contributed by atoms with van der Waals surface area (Å²) in [5, 5.41) is 24.0. The maximum Gasteiger partial charge on any atom is 0.415 e. The third-order valence-corrected chi connectivity index (χ3v) is 7.87. The van der Waals surface area contributed by atoms with E-state index in [1.54, 1.807) is 29.2 Å². The predicted octanol–water partition coefficient (Wildman–Crippen LogP) is 0.968. The highest BCUT2D eigenvalue weighted by molar-refractivity contribution is 5.83. The first-order chi connectivity index (χ1) is 20.8. The standard InChI is InChI=1S/C29H33N7O7/c1-41-18-6-2-3-7-19(18)42-29(40)35-13-11-16(12-14-35)5-4-8-20-33-25(30)21-26(34-20)36(15-31-21)28-23(38)22(37)24(43-28)27(39)32-17-9-10-17/h2-3,6-7,15-17,22-24,28,37-38H,5,9-14H2,1H3,(H,32,39)(H2,30,33,34)/t22-,23+,24-,28+/m0/s1. The largest absolute Gasteiger partial charge is 0.493 e. The second-order valence-electron chi connectivity index (χ2n) is 10.9. The predicted molar refractivity (Wildman–Crippen MR) is 152 cm³/mol. The second kappa shape index (κ2) is 12.0. The molecule has 226 valence electrons. The van der Waals surface area contributed by atoms with E-state index in [4.69, 9.17) is 19.9 Å². The van der Waals surface area contributed by atoms with Gasteiger partial charge in [-0.1, -0.05) is 18.1 Å². The Labute approximate surface area is 247 Å². The van der Waals surface area contributed by atoms with Gasteiger partial charge in [0.25, 0.3) is 5.91 Å². The Kier molecular flexibility index (Phi) is 8.02. The van der Waals surface area contributed by atoms with E-state index in [9.17, 15) is 19.8 Å². The number of hydrogen-bond acceptors (Lipinski definition) is 11. The van der Waals surface area contributed by atoms with Crippen LogP contribution in [-0.2, 0) is 9.53 Å². The zero-order chi connectivity index (χ0) is 30.1. The summed E-state index contributed by atoms with van der Waals surface area (Å²) in [6, 6.07) is 7.09. The van der Waals surface area contributed by atoms with E-state index in [1.807, 2.05) is 0 Å². The number of para-hydroxylation sites is 2. The maximum absolute atomic E-state index is 12.6. The van der Waals surface area contributed by atoms with Crippen molar-refractivity contribution in [1.29, 1.82) is 0 Å². The van der Waals surface area contributed by atoms with Crippen molar-refractivity contribution in [1.82, 2.24) is 29.7 Å². The van der Waals surface area contributed by atoms with Crippen LogP contribution in [0, 0.1) is 17.8 Å². The first kappa shape index (κ1) is 28.7. The van der Waals surface area contributed by atoms with Crippen LogP contribution in [0.5, 0.6) is 11.5 Å². The lowest BCUT2D eigenvalue weighted by Gasteiger charge is -2.30. The Morgan fingerprint density at radius 3 is 2.58 bits per heavy atom. The van der Waals surface area contributed by atoms with Crippen molar-refractivity contribution in [2.75, 3.05) is 25.9 Å². The summed E-state index contributed by atoms with van der Waals surface area (Å²) in [7, 11) is 1.53. The molecular formula is C29H33N7O7. The smallest absolute Gasteiger partial charge is 0.415 e. The van der Waals surface area contributed by atoms with Gasteiger partial charge >= 0.3 is 6.09 Å². The van der Waals surface area contributed by atoms with E-state index in [2.05, 4.69) is 32.1 Å². The van der Waals surface area contributed by atoms with E-state index in [0.29, 0.717) is 31.0 Å². The number of aliphatic hydroxyl groups is 2. The Morgan fingerprint density at radius 1 is 1.12 bits per heavy atom. The van der Waals surface area contributed by atoms with Gasteiger partial charge in [0.2, 0.25) is 5.82 Å². The van der Waals surface area contributed by atoms with E-state index in [-0.39, 0.29) is 34.8 Å². The number of benzene rings is 1. The average molecular weight is 592 g/mol. The number of fused-ring (bicyclic) bond motifs is 1. The van der Waals surface area contributed by atoms with Crippen molar-refractivity contribution in [3.05, 3.63) is 36.4 Å². The van der Waals surface area contributed by atoms with Gasteiger partial charge in [0.1, 0.15) is 17.7 Å². The Balaban J connectivity index is 1.08. The molecule has 4 heterocycles. The van der Waals surface area contributed by atoms with Crippen molar-refractivity contribution in [3.63, 3.8) is 0 Å². The van der Waals surface area contributed by atoms with Crippen LogP contribution in [0.2, 0.25) is 0 Å². The molecule has 0 radical (unpaired) electrons. The summed E-state index contributed by atoms with van der Waals surface area (Å²) in [4.78, 5) is 39.8. The van der Waals surface area contributed by atoms with Gasteiger partial charge in [-0.25, -0.2) is 19.7 Å². The third-order valence-electron chi connectivity index (χ3n) is 7.87. The van der Waals surface area contributed by atoms with Crippen LogP contribution in [0.25, 0.3) is 11.2 Å². The first-order valence-electron chi connectivity index (χ1n) is 14.2. The summed E-state index contributed by atoms with van der Waals surface area (Å²) in [5.41, 5.74) is 6.68. The number of ether oxygens (including phenoxy) is 3. The van der Waals surface area contributed by atoms with E-state index >= 15 is 0 Å². The minimum absolute atomic E-state index is 0.0792. The zero-order valence-corrected chi connectivity index (χ0v) is 23.5. The Hall–Kier alpha value is -4.45. The number of anilines is 1. The highest BCUT2D eigenvalue weighted by atomic mass is 16.6. The molecule has 0 spiro atoms. The van der Waals surface area contributed by atoms with Crippen molar-refractivity contribution in [2.45, 2.75) is 62.7 Å². The second-order valence-corrected chi connectivity index (χ2v) is 10.9. The number of amides is 2. The number of aromatic nitrogens is 4. The van der Waals surface area contributed by atoms with E-state index in [1.165, 1.54) is 18.0 Å². The topological polar surface area (TPSA) is 187 Å². The van der Waals surface area contributed by atoms with Crippen LogP contribution in [0.3, 0.4) is 0 Å². The molecule has 14 heteroatoms. The fraction of sp³-hybridized carbons (Fsp3) is 0.483. The number of aliphatic hydroxyl groups excluding tert-OH is 2. The van der Waals surface area contributed by atoms with Gasteiger partial charge in [-0.2, -0.15) is 0 Å². The van der Waals surface area contributed by atoms with Gasteiger partial charge < -0.3 is 40.4 Å². The molecule has 3 fully saturated rings. The highest BCUT2D eigenvalue weighted by Crippen LogP contribution is 2.33. The lowest BCUT2D eigenvalue weighted by atomic mass is 9.94. The number of carbonyl (C=O) groups excluding carboxylic acids is 2. The molecule has 0 bridgehead atoms. The molecule has 43 heavy (non-hydrogen) atoms. The van der Waals surface area contributed by atoms with Gasteiger partial charge in [-0.05, 0) is 49.7 Å². The molecule has 3 aliphatic rings. The Morgan fingerprint density at radius 2 is 1.86 bits per heavy atom. The van der Waals surface area contributed by atoms with Crippen LogP contribution in [-0.4, -0.2) is 91.2 Å². The lowest BCUT2D eigenvalue weighted by molar-refractivity contribution is -0.137. The van der Waals surface area contributed by atoms with Crippen LogP contribution in [0.1, 0.15) is 44.2 Å². The fourth-order valence-corrected chi connectivity index (χ4v) is 5.25. The first-order valence-corrected chi connectivity index (χ1v) is 14.2. The van der Waals surface area contributed by atoms with Crippen molar-refractivity contribution >= 4 is 29.0 Å². The third kappa shape index (κ3) is 6.05. The molecule has 14 nitrogen and oxygen atoms in total. The van der Waals surface area contributed by atoms with Gasteiger partial charge in [-0.15, -0.1) is 0 Å². The summed E-state index contributed by atoms with van der Waals surface area (Å²) in [6.07, 6.45) is -0.330. The minimum atomic E-state index is -1.42. The molecule has 1 aromatic carbocycles. The Bertz CT molecular complexity index is 1570. The number of methoxy groups -OCH3 is 1. The average Bonchev–Trinajstić information content (AvgIpc) is 3.64. The van der Waals surface area contributed by atoms with Crippen molar-refractivity contribution < 1.29 is 34.0 Å². The zero-order valence-electron chi connectivity index (χ0n) is 23.5. The molecule has 2 aliphatic heterocycles. The number of rotatable bonds is 6. The van der Waals surface area contributed by atoms with E-state index in [0.717, 1.165) is 25.7 Å². The molecule has 4 atom stereocenters. The van der Waals surface area contributed by atoms with Crippen LogP contribution < -0.4 is 20.5 Å². The monoisotopic (exact) mass is 591 g/mol. The van der Waals surface area contributed by atoms with Crippen molar-refractivity contribution in [2.24, 2.45) is 5.92 Å².